The third-order valence-corrected chi connectivity index (χ3v) is 5.46. The number of rotatable bonds is 6. The molecule has 0 spiro atoms. The number of anilines is 1. The molecule has 1 aromatic rings. The van der Waals surface area contributed by atoms with Crippen LogP contribution in [0.2, 0.25) is 10.0 Å². The van der Waals surface area contributed by atoms with Crippen LogP contribution in [0.15, 0.2) is 33.4 Å². The van der Waals surface area contributed by atoms with Crippen molar-refractivity contribution in [3.8, 4) is 0 Å². The lowest BCUT2D eigenvalue weighted by molar-refractivity contribution is -0.137. The fourth-order valence-corrected chi connectivity index (χ4v) is 4.02. The normalized spacial score (nSPS) is 20.1. The molecule has 0 aromatic heterocycles. The number of fused-ring (bicyclic) bond motifs is 1. The number of allylic oxidation sites excluding steroid dienone is 1. The van der Waals surface area contributed by atoms with Gasteiger partial charge in [0.05, 0.1) is 26.9 Å². The lowest BCUT2D eigenvalue weighted by Gasteiger charge is -2.25. The van der Waals surface area contributed by atoms with E-state index in [4.69, 9.17) is 27.9 Å². The maximum Gasteiger partial charge on any atom is 0.449 e. The van der Waals surface area contributed by atoms with Gasteiger partial charge in [0, 0.05) is 20.3 Å². The Morgan fingerprint density at radius 2 is 1.58 bits per heavy atom. The van der Waals surface area contributed by atoms with Gasteiger partial charge in [-0.15, -0.1) is 0 Å². The molecule has 1 fully saturated rings. The molecule has 17 heteroatoms. The van der Waals surface area contributed by atoms with Crippen LogP contribution in [0, 0.1) is 0 Å². The van der Waals surface area contributed by atoms with E-state index in [2.05, 4.69) is 15.4 Å². The van der Waals surface area contributed by atoms with E-state index in [-0.39, 0.29) is 6.54 Å². The quantitative estimate of drug-likeness (QED) is 0.331. The van der Waals surface area contributed by atoms with Gasteiger partial charge in [-0.3, -0.25) is 10.0 Å². The van der Waals surface area contributed by atoms with Gasteiger partial charge in [0.1, 0.15) is 11.9 Å². The van der Waals surface area contributed by atoms with Gasteiger partial charge in [-0.05, 0) is 25.0 Å². The molecule has 3 rings (SSSR count). The van der Waals surface area contributed by atoms with Crippen molar-refractivity contribution in [1.29, 1.82) is 0 Å². The van der Waals surface area contributed by atoms with E-state index in [1.807, 2.05) is 0 Å². The van der Waals surface area contributed by atoms with Crippen LogP contribution in [0.3, 0.4) is 0 Å². The van der Waals surface area contributed by atoms with Gasteiger partial charge in [0.15, 0.2) is 5.84 Å². The van der Waals surface area contributed by atoms with Crippen molar-refractivity contribution in [3.05, 3.63) is 39.0 Å². The molecule has 0 bridgehead atoms. The fraction of sp³-hybridized carbons (Fsp3) is 0.474. The number of amidine groups is 2. The minimum Gasteiger partial charge on any atom is -0.385 e. The van der Waals surface area contributed by atoms with Crippen LogP contribution >= 0.6 is 23.2 Å². The SMILES string of the molecule is COCCCCN=C1C2=C(C(F)(F)F)NC(C(F)(F)F)=NC2NN1c1c(Cl)cc(C(F)(F)F)cc1Cl. The number of ether oxygens (including phenoxy) is 1. The Hall–Kier alpha value is -2.23. The Balaban J connectivity index is 2.17. The number of nitrogens with zero attached hydrogens (tertiary/aromatic N) is 3. The molecule has 0 saturated carbocycles. The molecule has 1 atom stereocenters. The number of methoxy groups -OCH3 is 1. The number of benzene rings is 1. The molecule has 2 aliphatic heterocycles. The van der Waals surface area contributed by atoms with Crippen molar-refractivity contribution in [1.82, 2.24) is 10.7 Å². The van der Waals surface area contributed by atoms with Crippen molar-refractivity contribution in [2.45, 2.75) is 37.5 Å². The monoisotopic (exact) mass is 571 g/mol. The lowest BCUT2D eigenvalue weighted by atomic mass is 10.1. The molecule has 1 saturated heterocycles. The molecule has 1 aromatic carbocycles. The summed E-state index contributed by atoms with van der Waals surface area (Å²) in [5.74, 6) is -2.49. The Bertz CT molecular complexity index is 1070. The number of nitrogens with one attached hydrogen (secondary N) is 2. The first kappa shape index (κ1) is 28.3. The average molecular weight is 572 g/mol. The van der Waals surface area contributed by atoms with Crippen LogP contribution in [0.5, 0.6) is 0 Å². The van der Waals surface area contributed by atoms with E-state index < -0.39 is 68.9 Å². The number of aliphatic imine (C=N–C) groups is 2. The Kier molecular flexibility index (Phi) is 8.08. The van der Waals surface area contributed by atoms with E-state index in [0.29, 0.717) is 36.6 Å². The minimum atomic E-state index is -5.30. The number of halogens is 11. The van der Waals surface area contributed by atoms with Crippen LogP contribution in [-0.4, -0.2) is 50.5 Å². The van der Waals surface area contributed by atoms with Gasteiger partial charge in [0.2, 0.25) is 5.84 Å². The summed E-state index contributed by atoms with van der Waals surface area (Å²) in [5.41, 5.74) is -2.00. The number of alkyl halides is 9. The van der Waals surface area contributed by atoms with Gasteiger partial charge in [0.25, 0.3) is 0 Å². The van der Waals surface area contributed by atoms with E-state index >= 15 is 0 Å². The molecule has 2 aliphatic rings. The highest BCUT2D eigenvalue weighted by molar-refractivity contribution is 6.40. The Morgan fingerprint density at radius 3 is 2.08 bits per heavy atom. The van der Waals surface area contributed by atoms with Gasteiger partial charge < -0.3 is 10.1 Å². The van der Waals surface area contributed by atoms with Crippen LogP contribution in [0.4, 0.5) is 45.2 Å². The predicted octanol–water partition coefficient (Wildman–Crippen LogP) is 5.87. The molecule has 36 heavy (non-hydrogen) atoms. The van der Waals surface area contributed by atoms with Crippen molar-refractivity contribution >= 4 is 40.6 Å². The first-order chi connectivity index (χ1) is 16.6. The van der Waals surface area contributed by atoms with E-state index in [1.165, 1.54) is 12.4 Å². The van der Waals surface area contributed by atoms with Crippen LogP contribution in [0.1, 0.15) is 18.4 Å². The first-order valence-electron chi connectivity index (χ1n) is 9.95. The second-order valence-corrected chi connectivity index (χ2v) is 8.26. The molecule has 6 nitrogen and oxygen atoms in total. The summed E-state index contributed by atoms with van der Waals surface area (Å²) in [4.78, 5) is 7.36. The number of hydrogen-bond donors (Lipinski definition) is 2. The minimum absolute atomic E-state index is 0.107. The lowest BCUT2D eigenvalue weighted by Crippen LogP contribution is -2.47. The van der Waals surface area contributed by atoms with E-state index in [1.54, 1.807) is 0 Å². The molecular formula is C19H16Cl2F9N5O. The standard InChI is InChI=1S/C19H16Cl2F9N5O/c1-36-5-3-2-4-31-15-11-13(18(25,26)27)32-16(19(28,29)30)33-14(11)34-35(15)12-9(20)6-8(7-10(12)21)17(22,23)24/h6-7,14,34H,2-5H2,1H3,(H,32,33). The van der Waals surface area contributed by atoms with Gasteiger partial charge in [-0.1, -0.05) is 23.2 Å². The topological polar surface area (TPSA) is 61.2 Å². The van der Waals surface area contributed by atoms with Crippen LogP contribution < -0.4 is 15.8 Å². The van der Waals surface area contributed by atoms with Crippen molar-refractivity contribution in [2.24, 2.45) is 9.98 Å². The third-order valence-electron chi connectivity index (χ3n) is 4.89. The molecule has 0 aliphatic carbocycles. The summed E-state index contributed by atoms with van der Waals surface area (Å²) in [7, 11) is 1.43. The second-order valence-electron chi connectivity index (χ2n) is 7.45. The van der Waals surface area contributed by atoms with Gasteiger partial charge >= 0.3 is 18.5 Å². The predicted molar refractivity (Wildman–Crippen MR) is 114 cm³/mol. The summed E-state index contributed by atoms with van der Waals surface area (Å²) in [6, 6.07) is 0.953. The van der Waals surface area contributed by atoms with Gasteiger partial charge in [-0.2, -0.15) is 44.9 Å². The van der Waals surface area contributed by atoms with Gasteiger partial charge in [-0.25, -0.2) is 4.99 Å². The highest BCUT2D eigenvalue weighted by Gasteiger charge is 2.52. The van der Waals surface area contributed by atoms with E-state index in [0.717, 1.165) is 0 Å². The molecule has 2 heterocycles. The van der Waals surface area contributed by atoms with Crippen LogP contribution in [-0.2, 0) is 10.9 Å². The zero-order chi connectivity index (χ0) is 27.1. The fourth-order valence-electron chi connectivity index (χ4n) is 3.36. The van der Waals surface area contributed by atoms with Crippen molar-refractivity contribution in [2.75, 3.05) is 25.3 Å². The summed E-state index contributed by atoms with van der Waals surface area (Å²) >= 11 is 12.0. The molecule has 0 radical (unpaired) electrons. The summed E-state index contributed by atoms with van der Waals surface area (Å²) < 4.78 is 126. The maximum absolute atomic E-state index is 13.8. The highest BCUT2D eigenvalue weighted by atomic mass is 35.5. The maximum atomic E-state index is 13.8. The number of unbranched alkanes of at least 4 members (excludes halogenated alkanes) is 1. The summed E-state index contributed by atoms with van der Waals surface area (Å²) in [5, 5.41) is 0.692. The zero-order valence-corrected chi connectivity index (χ0v) is 19.5. The van der Waals surface area contributed by atoms with Crippen molar-refractivity contribution in [3.63, 3.8) is 0 Å². The Labute approximate surface area is 207 Å². The average Bonchev–Trinajstić information content (AvgIpc) is 3.08. The zero-order valence-electron chi connectivity index (χ0n) is 18.0. The first-order valence-corrected chi connectivity index (χ1v) is 10.7. The number of hydrogen-bond acceptors (Lipinski definition) is 5. The second kappa shape index (κ2) is 10.3. The number of hydrazine groups is 1. The molecule has 1 unspecified atom stereocenters. The molecule has 200 valence electrons. The molecular weight excluding hydrogens is 556 g/mol. The summed E-state index contributed by atoms with van der Waals surface area (Å²) in [6.45, 7) is 0.202. The molecule has 0 amide bonds. The largest absolute Gasteiger partial charge is 0.449 e. The van der Waals surface area contributed by atoms with Crippen molar-refractivity contribution < 1.29 is 44.3 Å². The van der Waals surface area contributed by atoms with E-state index in [9.17, 15) is 39.5 Å². The Morgan fingerprint density at radius 1 is 0.972 bits per heavy atom. The van der Waals surface area contributed by atoms with Crippen LogP contribution in [0.25, 0.3) is 0 Å². The smallest absolute Gasteiger partial charge is 0.385 e. The molecule has 2 N–H and O–H groups in total. The third kappa shape index (κ3) is 6.01. The summed E-state index contributed by atoms with van der Waals surface area (Å²) in [6.07, 6.45) is -16.6. The highest BCUT2D eigenvalue weighted by Crippen LogP contribution is 2.43.